The van der Waals surface area contributed by atoms with Crippen molar-refractivity contribution in [3.8, 4) is 0 Å². The van der Waals surface area contributed by atoms with E-state index in [1.807, 2.05) is 0 Å². The molecule has 0 saturated heterocycles. The zero-order valence-corrected chi connectivity index (χ0v) is 10.1. The van der Waals surface area contributed by atoms with E-state index in [4.69, 9.17) is 11.6 Å². The minimum atomic E-state index is -0.166. The molecule has 1 saturated carbocycles. The number of halogens is 1. The van der Waals surface area contributed by atoms with Crippen molar-refractivity contribution in [3.05, 3.63) is 17.0 Å². The number of hydrogen-bond acceptors (Lipinski definition) is 4. The summed E-state index contributed by atoms with van der Waals surface area (Å²) < 4.78 is 0. The second kappa shape index (κ2) is 4.55. The highest BCUT2D eigenvalue weighted by Crippen LogP contribution is 2.38. The summed E-state index contributed by atoms with van der Waals surface area (Å²) in [6, 6.07) is 1.70. The van der Waals surface area contributed by atoms with Crippen molar-refractivity contribution < 1.29 is 5.11 Å². The molecule has 0 bridgehead atoms. The van der Waals surface area contributed by atoms with Crippen molar-refractivity contribution in [2.24, 2.45) is 0 Å². The molecule has 1 aromatic heterocycles. The number of hydrogen-bond donors (Lipinski definition) is 2. The van der Waals surface area contributed by atoms with Crippen molar-refractivity contribution in [2.45, 2.75) is 38.1 Å². The maximum Gasteiger partial charge on any atom is 0.134 e. The summed E-state index contributed by atoms with van der Waals surface area (Å²) in [7, 11) is 0. The van der Waals surface area contributed by atoms with Crippen LogP contribution in [0.3, 0.4) is 0 Å². The maximum atomic E-state index is 9.22. The summed E-state index contributed by atoms with van der Waals surface area (Å²) >= 11 is 5.92. The molecule has 0 atom stereocenters. The molecule has 0 amide bonds. The SMILES string of the molecule is CCCc1nc(Cl)cc(NC2(CO)CC2)n1. The van der Waals surface area contributed by atoms with Crippen LogP contribution < -0.4 is 5.32 Å². The van der Waals surface area contributed by atoms with Crippen LogP contribution in [0.4, 0.5) is 5.82 Å². The Balaban J connectivity index is 2.14. The molecule has 1 fully saturated rings. The van der Waals surface area contributed by atoms with Gasteiger partial charge in [-0.1, -0.05) is 18.5 Å². The number of nitrogens with one attached hydrogen (secondary N) is 1. The van der Waals surface area contributed by atoms with Gasteiger partial charge < -0.3 is 10.4 Å². The smallest absolute Gasteiger partial charge is 0.134 e. The summed E-state index contributed by atoms with van der Waals surface area (Å²) in [5.74, 6) is 1.47. The number of aliphatic hydroxyl groups is 1. The molecule has 0 aromatic carbocycles. The highest BCUT2D eigenvalue weighted by atomic mass is 35.5. The van der Waals surface area contributed by atoms with Crippen molar-refractivity contribution in [2.75, 3.05) is 11.9 Å². The summed E-state index contributed by atoms with van der Waals surface area (Å²) in [4.78, 5) is 8.53. The van der Waals surface area contributed by atoms with Crippen molar-refractivity contribution in [3.63, 3.8) is 0 Å². The van der Waals surface area contributed by atoms with Gasteiger partial charge in [0.15, 0.2) is 0 Å². The Hall–Kier alpha value is -0.870. The predicted octanol–water partition coefficient (Wildman–Crippen LogP) is 2.02. The number of anilines is 1. The number of nitrogens with zero attached hydrogens (tertiary/aromatic N) is 2. The van der Waals surface area contributed by atoms with Crippen molar-refractivity contribution in [1.29, 1.82) is 0 Å². The Morgan fingerprint density at radius 1 is 1.50 bits per heavy atom. The molecule has 2 rings (SSSR count). The van der Waals surface area contributed by atoms with Gasteiger partial charge in [0.05, 0.1) is 12.1 Å². The van der Waals surface area contributed by atoms with Gasteiger partial charge in [0, 0.05) is 12.5 Å². The minimum absolute atomic E-state index is 0.137. The molecule has 88 valence electrons. The lowest BCUT2D eigenvalue weighted by Crippen LogP contribution is -2.26. The number of aliphatic hydroxyl groups excluding tert-OH is 1. The first-order valence-electron chi connectivity index (χ1n) is 5.60. The Labute approximate surface area is 100 Å². The van der Waals surface area contributed by atoms with Gasteiger partial charge in [-0.3, -0.25) is 0 Å². The number of aromatic nitrogens is 2. The Morgan fingerprint density at radius 2 is 2.25 bits per heavy atom. The largest absolute Gasteiger partial charge is 0.394 e. The van der Waals surface area contributed by atoms with E-state index < -0.39 is 0 Å². The van der Waals surface area contributed by atoms with Crippen LogP contribution in [0.1, 0.15) is 32.0 Å². The minimum Gasteiger partial charge on any atom is -0.394 e. The van der Waals surface area contributed by atoms with Crippen molar-refractivity contribution >= 4 is 17.4 Å². The third kappa shape index (κ3) is 2.62. The average Bonchev–Trinajstić information content (AvgIpc) is 2.98. The monoisotopic (exact) mass is 241 g/mol. The zero-order valence-electron chi connectivity index (χ0n) is 9.33. The van der Waals surface area contributed by atoms with Crippen LogP contribution in [-0.2, 0) is 6.42 Å². The summed E-state index contributed by atoms with van der Waals surface area (Å²) in [6.45, 7) is 2.21. The van der Waals surface area contributed by atoms with E-state index in [1.165, 1.54) is 0 Å². The Morgan fingerprint density at radius 3 is 2.81 bits per heavy atom. The quantitative estimate of drug-likeness (QED) is 0.775. The average molecular weight is 242 g/mol. The molecule has 0 spiro atoms. The van der Waals surface area contributed by atoms with Crippen LogP contribution in [0.15, 0.2) is 6.07 Å². The highest BCUT2D eigenvalue weighted by molar-refractivity contribution is 6.29. The fourth-order valence-electron chi connectivity index (χ4n) is 1.61. The Kier molecular flexibility index (Phi) is 3.30. The molecule has 0 aliphatic heterocycles. The van der Waals surface area contributed by atoms with Crippen LogP contribution in [0, 0.1) is 0 Å². The van der Waals surface area contributed by atoms with E-state index in [0.717, 1.165) is 37.3 Å². The van der Waals surface area contributed by atoms with Gasteiger partial charge in [-0.05, 0) is 19.3 Å². The second-order valence-electron chi connectivity index (χ2n) is 4.31. The predicted molar refractivity (Wildman–Crippen MR) is 63.7 cm³/mol. The topological polar surface area (TPSA) is 58.0 Å². The molecule has 1 aliphatic carbocycles. The van der Waals surface area contributed by atoms with Gasteiger partial charge in [0.25, 0.3) is 0 Å². The van der Waals surface area contributed by atoms with E-state index in [9.17, 15) is 5.11 Å². The fourth-order valence-corrected chi connectivity index (χ4v) is 1.81. The zero-order chi connectivity index (χ0) is 11.6. The van der Waals surface area contributed by atoms with Gasteiger partial charge in [-0.25, -0.2) is 9.97 Å². The van der Waals surface area contributed by atoms with Crippen LogP contribution >= 0.6 is 11.6 Å². The summed E-state index contributed by atoms with van der Waals surface area (Å²) in [6.07, 6.45) is 3.77. The standard InChI is InChI=1S/C11H16ClN3O/c1-2-3-9-13-8(12)6-10(14-9)15-11(7-16)4-5-11/h6,16H,2-5,7H2,1H3,(H,13,14,15). The molecule has 1 heterocycles. The van der Waals surface area contributed by atoms with Gasteiger partial charge in [-0.2, -0.15) is 0 Å². The van der Waals surface area contributed by atoms with Crippen LogP contribution in [-0.4, -0.2) is 27.2 Å². The van der Waals surface area contributed by atoms with Gasteiger partial charge in [0.1, 0.15) is 16.8 Å². The van der Waals surface area contributed by atoms with Crippen LogP contribution in [0.2, 0.25) is 5.15 Å². The normalized spacial score (nSPS) is 17.2. The molecule has 1 aromatic rings. The van der Waals surface area contributed by atoms with Gasteiger partial charge in [0.2, 0.25) is 0 Å². The molecule has 0 radical (unpaired) electrons. The van der Waals surface area contributed by atoms with Crippen molar-refractivity contribution in [1.82, 2.24) is 9.97 Å². The summed E-state index contributed by atoms with van der Waals surface area (Å²) in [5.41, 5.74) is -0.166. The van der Waals surface area contributed by atoms with E-state index >= 15 is 0 Å². The van der Waals surface area contributed by atoms with E-state index in [2.05, 4.69) is 22.2 Å². The molecule has 2 N–H and O–H groups in total. The Bertz CT molecular complexity index is 379. The fraction of sp³-hybridized carbons (Fsp3) is 0.636. The summed E-state index contributed by atoms with van der Waals surface area (Å²) in [5, 5.41) is 12.9. The molecule has 5 heteroatoms. The number of aryl methyl sites for hydroxylation is 1. The molecule has 16 heavy (non-hydrogen) atoms. The van der Waals surface area contributed by atoms with Crippen LogP contribution in [0.25, 0.3) is 0 Å². The van der Waals surface area contributed by atoms with E-state index in [1.54, 1.807) is 6.07 Å². The molecule has 0 unspecified atom stereocenters. The van der Waals surface area contributed by atoms with Gasteiger partial charge >= 0.3 is 0 Å². The van der Waals surface area contributed by atoms with Crippen LogP contribution in [0.5, 0.6) is 0 Å². The molecular formula is C11H16ClN3O. The highest BCUT2D eigenvalue weighted by Gasteiger charge is 2.42. The first-order valence-corrected chi connectivity index (χ1v) is 5.98. The lowest BCUT2D eigenvalue weighted by atomic mass is 10.3. The maximum absolute atomic E-state index is 9.22. The second-order valence-corrected chi connectivity index (χ2v) is 4.69. The lowest BCUT2D eigenvalue weighted by Gasteiger charge is -2.15. The van der Waals surface area contributed by atoms with E-state index in [0.29, 0.717) is 5.15 Å². The molecule has 4 nitrogen and oxygen atoms in total. The molecular weight excluding hydrogens is 226 g/mol. The first kappa shape index (κ1) is 11.6. The van der Waals surface area contributed by atoms with E-state index in [-0.39, 0.29) is 12.1 Å². The number of rotatable bonds is 5. The first-order chi connectivity index (χ1) is 7.67. The third-order valence-corrected chi connectivity index (χ3v) is 2.96. The third-order valence-electron chi connectivity index (χ3n) is 2.76. The van der Waals surface area contributed by atoms with Gasteiger partial charge in [-0.15, -0.1) is 0 Å². The molecule has 1 aliphatic rings. The lowest BCUT2D eigenvalue weighted by molar-refractivity contribution is 0.266.